The van der Waals surface area contributed by atoms with Crippen LogP contribution in [0.4, 0.5) is 0 Å². The summed E-state index contributed by atoms with van der Waals surface area (Å²) in [5.41, 5.74) is 0.758. The second-order valence-electron chi connectivity index (χ2n) is 6.20. The lowest BCUT2D eigenvalue weighted by Gasteiger charge is -2.16. The van der Waals surface area contributed by atoms with Crippen molar-refractivity contribution in [2.45, 2.75) is 60.0 Å². The smallest absolute Gasteiger partial charge is 0.331 e. The highest BCUT2D eigenvalue weighted by Crippen LogP contribution is 2.36. The van der Waals surface area contributed by atoms with E-state index in [1.807, 2.05) is 39.8 Å². The molecule has 1 rings (SSSR count). The molecule has 26 heavy (non-hydrogen) atoms. The van der Waals surface area contributed by atoms with Crippen molar-refractivity contribution in [3.05, 3.63) is 23.8 Å². The van der Waals surface area contributed by atoms with Gasteiger partial charge in [-0.05, 0) is 45.3 Å². The molecular formula is C21H32O5. The molecule has 0 atom stereocenters. The van der Waals surface area contributed by atoms with Crippen molar-refractivity contribution in [1.29, 1.82) is 0 Å². The van der Waals surface area contributed by atoms with E-state index in [1.165, 1.54) is 6.08 Å². The summed E-state index contributed by atoms with van der Waals surface area (Å²) in [4.78, 5) is 11.8. The lowest BCUT2D eigenvalue weighted by Crippen LogP contribution is -2.08. The standard InChI is InChI=1S/C21H32O5/c1-6-11-23-18-15-20(25-13-8-3)19(24-12-7-2)14-17(18)9-10-21(22)26-16(4)5/h9-10,14-16H,6-8,11-13H2,1-5H3. The van der Waals surface area contributed by atoms with Gasteiger partial charge in [0.25, 0.3) is 0 Å². The molecule has 0 bridgehead atoms. The molecule has 146 valence electrons. The first-order chi connectivity index (χ1) is 12.5. The van der Waals surface area contributed by atoms with E-state index < -0.39 is 0 Å². The van der Waals surface area contributed by atoms with Gasteiger partial charge in [-0.1, -0.05) is 20.8 Å². The van der Waals surface area contributed by atoms with Gasteiger partial charge in [0.05, 0.1) is 25.9 Å². The number of hydrogen-bond acceptors (Lipinski definition) is 5. The zero-order chi connectivity index (χ0) is 19.4. The topological polar surface area (TPSA) is 54.0 Å². The molecule has 1 aromatic carbocycles. The minimum atomic E-state index is -0.385. The molecule has 0 aliphatic heterocycles. The van der Waals surface area contributed by atoms with Crippen molar-refractivity contribution in [3.63, 3.8) is 0 Å². The maximum atomic E-state index is 11.8. The van der Waals surface area contributed by atoms with Crippen LogP contribution in [0.15, 0.2) is 18.2 Å². The molecule has 1 aromatic rings. The first kappa shape index (κ1) is 21.9. The summed E-state index contributed by atoms with van der Waals surface area (Å²) in [6.45, 7) is 11.6. The molecule has 0 radical (unpaired) electrons. The van der Waals surface area contributed by atoms with E-state index >= 15 is 0 Å². The maximum absolute atomic E-state index is 11.8. The fourth-order valence-corrected chi connectivity index (χ4v) is 2.10. The Morgan fingerprint density at radius 1 is 0.885 bits per heavy atom. The molecule has 0 aromatic heterocycles. The summed E-state index contributed by atoms with van der Waals surface area (Å²) in [5, 5.41) is 0. The highest BCUT2D eigenvalue weighted by atomic mass is 16.5. The second-order valence-corrected chi connectivity index (χ2v) is 6.20. The molecule has 0 aliphatic carbocycles. The van der Waals surface area contributed by atoms with Crippen LogP contribution in [-0.4, -0.2) is 31.9 Å². The summed E-state index contributed by atoms with van der Waals surface area (Å²) in [6.07, 6.45) is 5.63. The summed E-state index contributed by atoms with van der Waals surface area (Å²) in [6, 6.07) is 3.69. The molecule has 0 N–H and O–H groups in total. The van der Waals surface area contributed by atoms with Gasteiger partial charge in [0, 0.05) is 17.7 Å². The summed E-state index contributed by atoms with van der Waals surface area (Å²) in [5.74, 6) is 1.59. The monoisotopic (exact) mass is 364 g/mol. The summed E-state index contributed by atoms with van der Waals surface area (Å²) in [7, 11) is 0. The SMILES string of the molecule is CCCOc1cc(OCCC)c(OCCC)cc1C=CC(=O)OC(C)C. The molecule has 0 spiro atoms. The molecule has 0 saturated carbocycles. The number of benzene rings is 1. The van der Waals surface area contributed by atoms with Crippen LogP contribution in [0.5, 0.6) is 17.2 Å². The Morgan fingerprint density at radius 2 is 1.38 bits per heavy atom. The van der Waals surface area contributed by atoms with Gasteiger partial charge in [-0.15, -0.1) is 0 Å². The van der Waals surface area contributed by atoms with Crippen LogP contribution >= 0.6 is 0 Å². The van der Waals surface area contributed by atoms with Crippen LogP contribution in [0.1, 0.15) is 59.4 Å². The Morgan fingerprint density at radius 3 is 1.88 bits per heavy atom. The van der Waals surface area contributed by atoms with E-state index in [-0.39, 0.29) is 12.1 Å². The Labute approximate surface area is 157 Å². The van der Waals surface area contributed by atoms with Crippen LogP contribution in [0.2, 0.25) is 0 Å². The fraction of sp³-hybridized carbons (Fsp3) is 0.571. The van der Waals surface area contributed by atoms with Crippen LogP contribution in [0.3, 0.4) is 0 Å². The predicted molar refractivity (Wildman–Crippen MR) is 104 cm³/mol. The molecule has 0 amide bonds. The van der Waals surface area contributed by atoms with E-state index in [0.29, 0.717) is 37.1 Å². The van der Waals surface area contributed by atoms with Crippen molar-refractivity contribution in [2.75, 3.05) is 19.8 Å². The van der Waals surface area contributed by atoms with Gasteiger partial charge < -0.3 is 18.9 Å². The van der Waals surface area contributed by atoms with E-state index in [0.717, 1.165) is 24.8 Å². The molecule has 0 saturated heterocycles. The minimum absolute atomic E-state index is 0.156. The lowest BCUT2D eigenvalue weighted by atomic mass is 10.1. The van der Waals surface area contributed by atoms with E-state index in [2.05, 4.69) is 6.92 Å². The third kappa shape index (κ3) is 7.81. The van der Waals surface area contributed by atoms with Gasteiger partial charge in [0.1, 0.15) is 5.75 Å². The largest absolute Gasteiger partial charge is 0.493 e. The average Bonchev–Trinajstić information content (AvgIpc) is 2.61. The van der Waals surface area contributed by atoms with Crippen molar-refractivity contribution in [3.8, 4) is 17.2 Å². The summed E-state index contributed by atoms with van der Waals surface area (Å²) >= 11 is 0. The first-order valence-electron chi connectivity index (χ1n) is 9.46. The van der Waals surface area contributed by atoms with Crippen molar-refractivity contribution in [2.24, 2.45) is 0 Å². The Balaban J connectivity index is 3.16. The molecular weight excluding hydrogens is 332 g/mol. The van der Waals surface area contributed by atoms with Gasteiger partial charge in [0.2, 0.25) is 0 Å². The number of ether oxygens (including phenoxy) is 4. The molecule has 0 unspecified atom stereocenters. The zero-order valence-electron chi connectivity index (χ0n) is 16.7. The highest BCUT2D eigenvalue weighted by molar-refractivity contribution is 5.88. The van der Waals surface area contributed by atoms with Gasteiger partial charge in [0.15, 0.2) is 11.5 Å². The molecule has 5 heteroatoms. The van der Waals surface area contributed by atoms with Crippen molar-refractivity contribution < 1.29 is 23.7 Å². The lowest BCUT2D eigenvalue weighted by molar-refractivity contribution is -0.141. The molecule has 5 nitrogen and oxygen atoms in total. The third-order valence-electron chi connectivity index (χ3n) is 3.21. The number of carbonyl (C=O) groups excluding carboxylic acids is 1. The molecule has 0 heterocycles. The number of hydrogen-bond donors (Lipinski definition) is 0. The quantitative estimate of drug-likeness (QED) is 0.385. The minimum Gasteiger partial charge on any atom is -0.493 e. The molecule has 0 fully saturated rings. The van der Waals surface area contributed by atoms with E-state index in [9.17, 15) is 4.79 Å². The second kappa shape index (κ2) is 12.2. The van der Waals surface area contributed by atoms with Crippen LogP contribution in [0, 0.1) is 0 Å². The van der Waals surface area contributed by atoms with Crippen LogP contribution < -0.4 is 14.2 Å². The molecule has 0 aliphatic rings. The normalized spacial score (nSPS) is 11.0. The predicted octanol–water partition coefficient (Wildman–Crippen LogP) is 5.02. The Kier molecular flexibility index (Phi) is 10.3. The number of carbonyl (C=O) groups is 1. The van der Waals surface area contributed by atoms with Gasteiger partial charge in [-0.3, -0.25) is 0 Å². The Hall–Kier alpha value is -2.17. The highest BCUT2D eigenvalue weighted by Gasteiger charge is 2.13. The number of esters is 1. The zero-order valence-corrected chi connectivity index (χ0v) is 16.7. The first-order valence-corrected chi connectivity index (χ1v) is 9.46. The fourth-order valence-electron chi connectivity index (χ4n) is 2.10. The van der Waals surface area contributed by atoms with Gasteiger partial charge >= 0.3 is 5.97 Å². The summed E-state index contributed by atoms with van der Waals surface area (Å²) < 4.78 is 22.6. The van der Waals surface area contributed by atoms with Gasteiger partial charge in [-0.25, -0.2) is 4.79 Å². The van der Waals surface area contributed by atoms with Crippen LogP contribution in [0.25, 0.3) is 6.08 Å². The van der Waals surface area contributed by atoms with Gasteiger partial charge in [-0.2, -0.15) is 0 Å². The van der Waals surface area contributed by atoms with Crippen molar-refractivity contribution in [1.82, 2.24) is 0 Å². The average molecular weight is 364 g/mol. The third-order valence-corrected chi connectivity index (χ3v) is 3.21. The van der Waals surface area contributed by atoms with E-state index in [4.69, 9.17) is 18.9 Å². The van der Waals surface area contributed by atoms with Crippen molar-refractivity contribution >= 4 is 12.0 Å². The number of rotatable bonds is 12. The van der Waals surface area contributed by atoms with Crippen LogP contribution in [-0.2, 0) is 9.53 Å². The maximum Gasteiger partial charge on any atom is 0.331 e. The Bertz CT molecular complexity index is 578. The van der Waals surface area contributed by atoms with E-state index in [1.54, 1.807) is 6.08 Å².